The summed E-state index contributed by atoms with van der Waals surface area (Å²) in [6.07, 6.45) is 4.50. The topological polar surface area (TPSA) is 52.7 Å². The molecule has 0 aliphatic carbocycles. The van der Waals surface area contributed by atoms with Crippen molar-refractivity contribution < 1.29 is 9.59 Å². The number of hydrogen-bond acceptors (Lipinski definition) is 3. The van der Waals surface area contributed by atoms with Crippen LogP contribution in [0.2, 0.25) is 0 Å². The van der Waals surface area contributed by atoms with Crippen molar-refractivity contribution in [3.05, 3.63) is 23.8 Å². The fourth-order valence-corrected chi connectivity index (χ4v) is 3.38. The van der Waals surface area contributed by atoms with Crippen LogP contribution in [0.4, 0.5) is 11.4 Å². The molecular formula is C19H27N3O2. The molecule has 0 atom stereocenters. The van der Waals surface area contributed by atoms with Gasteiger partial charge in [0.2, 0.25) is 5.91 Å². The van der Waals surface area contributed by atoms with Crippen LogP contribution in [0.15, 0.2) is 18.2 Å². The Bertz CT molecular complexity index is 615. The zero-order valence-corrected chi connectivity index (χ0v) is 14.7. The highest BCUT2D eigenvalue weighted by Crippen LogP contribution is 2.31. The lowest BCUT2D eigenvalue weighted by atomic mass is 10.1. The van der Waals surface area contributed by atoms with E-state index < -0.39 is 0 Å². The minimum Gasteiger partial charge on any atom is -0.370 e. The summed E-state index contributed by atoms with van der Waals surface area (Å²) in [5.74, 6) is -0.0314. The second kappa shape index (κ2) is 7.24. The lowest BCUT2D eigenvalue weighted by molar-refractivity contribution is -0.118. The molecule has 2 heterocycles. The van der Waals surface area contributed by atoms with Crippen molar-refractivity contribution in [3.8, 4) is 0 Å². The number of carbonyl (C=O) groups excluding carboxylic acids is 2. The lowest BCUT2D eigenvalue weighted by Crippen LogP contribution is -2.28. The van der Waals surface area contributed by atoms with E-state index in [1.54, 1.807) is 0 Å². The zero-order valence-electron chi connectivity index (χ0n) is 14.7. The van der Waals surface area contributed by atoms with Gasteiger partial charge in [0.1, 0.15) is 0 Å². The number of hydrogen-bond donors (Lipinski definition) is 1. The molecule has 5 nitrogen and oxygen atoms in total. The van der Waals surface area contributed by atoms with Crippen LogP contribution in [-0.4, -0.2) is 42.9 Å². The van der Waals surface area contributed by atoms with Gasteiger partial charge in [0.15, 0.2) is 0 Å². The van der Waals surface area contributed by atoms with Gasteiger partial charge in [-0.15, -0.1) is 0 Å². The highest BCUT2D eigenvalue weighted by molar-refractivity contribution is 6.00. The first-order chi connectivity index (χ1) is 11.6. The number of anilines is 2. The van der Waals surface area contributed by atoms with E-state index in [-0.39, 0.29) is 17.7 Å². The summed E-state index contributed by atoms with van der Waals surface area (Å²) < 4.78 is 0. The molecule has 2 fully saturated rings. The van der Waals surface area contributed by atoms with Gasteiger partial charge in [-0.2, -0.15) is 0 Å². The van der Waals surface area contributed by atoms with Gasteiger partial charge in [-0.1, -0.05) is 13.8 Å². The van der Waals surface area contributed by atoms with Crippen LogP contribution in [0.25, 0.3) is 0 Å². The van der Waals surface area contributed by atoms with Crippen LogP contribution in [0, 0.1) is 5.92 Å². The minimum atomic E-state index is -0.0885. The maximum Gasteiger partial charge on any atom is 0.253 e. The first kappa shape index (κ1) is 16.8. The third-order valence-electron chi connectivity index (χ3n) is 4.87. The second-order valence-corrected chi connectivity index (χ2v) is 7.07. The molecule has 2 amide bonds. The van der Waals surface area contributed by atoms with E-state index in [9.17, 15) is 9.59 Å². The summed E-state index contributed by atoms with van der Waals surface area (Å²) in [5, 5.41) is 3.02. The van der Waals surface area contributed by atoms with Crippen LogP contribution in [0.3, 0.4) is 0 Å². The fourth-order valence-electron chi connectivity index (χ4n) is 3.38. The fraction of sp³-hybridized carbons (Fsp3) is 0.579. The first-order valence-electron chi connectivity index (χ1n) is 9.05. The average Bonchev–Trinajstić information content (AvgIpc) is 3.27. The molecule has 0 aromatic heterocycles. The van der Waals surface area contributed by atoms with E-state index in [0.29, 0.717) is 5.56 Å². The van der Waals surface area contributed by atoms with E-state index in [0.717, 1.165) is 50.4 Å². The molecule has 1 aromatic carbocycles. The Morgan fingerprint density at radius 3 is 2.25 bits per heavy atom. The van der Waals surface area contributed by atoms with Crippen LogP contribution in [-0.2, 0) is 4.79 Å². The minimum absolute atomic E-state index is 0.0128. The predicted molar refractivity (Wildman–Crippen MR) is 96.5 cm³/mol. The van der Waals surface area contributed by atoms with Crippen molar-refractivity contribution >= 4 is 23.2 Å². The van der Waals surface area contributed by atoms with Crippen LogP contribution in [0.1, 0.15) is 49.9 Å². The Kier molecular flexibility index (Phi) is 5.07. The standard InChI is InChI=1S/C19H27N3O2/c1-14(2)18(23)20-16-13-15(19(24)22-11-5-6-12-22)7-8-17(16)21-9-3-4-10-21/h7-8,13-14H,3-6,9-12H2,1-2H3,(H,20,23). The third kappa shape index (κ3) is 3.55. The van der Waals surface area contributed by atoms with E-state index in [1.165, 1.54) is 12.8 Å². The second-order valence-electron chi connectivity index (χ2n) is 7.07. The van der Waals surface area contributed by atoms with Gasteiger partial charge in [0.25, 0.3) is 5.91 Å². The summed E-state index contributed by atoms with van der Waals surface area (Å²) in [4.78, 5) is 29.0. The quantitative estimate of drug-likeness (QED) is 0.923. The molecule has 0 unspecified atom stereocenters. The Labute approximate surface area is 144 Å². The normalized spacial score (nSPS) is 17.6. The molecule has 2 aliphatic heterocycles. The van der Waals surface area contributed by atoms with E-state index in [4.69, 9.17) is 0 Å². The molecule has 0 spiro atoms. The molecular weight excluding hydrogens is 302 g/mol. The van der Waals surface area contributed by atoms with Crippen molar-refractivity contribution in [2.75, 3.05) is 36.4 Å². The number of nitrogens with zero attached hydrogens (tertiary/aromatic N) is 2. The molecule has 2 aliphatic rings. The van der Waals surface area contributed by atoms with Gasteiger partial charge in [0, 0.05) is 37.7 Å². The SMILES string of the molecule is CC(C)C(=O)Nc1cc(C(=O)N2CCCC2)ccc1N1CCCC1. The van der Waals surface area contributed by atoms with Crippen molar-refractivity contribution in [1.29, 1.82) is 0 Å². The number of carbonyl (C=O) groups is 2. The van der Waals surface area contributed by atoms with Crippen LogP contribution < -0.4 is 10.2 Å². The monoisotopic (exact) mass is 329 g/mol. The maximum atomic E-state index is 12.7. The van der Waals surface area contributed by atoms with Gasteiger partial charge >= 0.3 is 0 Å². The van der Waals surface area contributed by atoms with E-state index in [1.807, 2.05) is 36.9 Å². The third-order valence-corrected chi connectivity index (χ3v) is 4.87. The highest BCUT2D eigenvalue weighted by atomic mass is 16.2. The number of nitrogens with one attached hydrogen (secondary N) is 1. The molecule has 5 heteroatoms. The van der Waals surface area contributed by atoms with E-state index in [2.05, 4.69) is 10.2 Å². The predicted octanol–water partition coefficient (Wildman–Crippen LogP) is 3.12. The molecule has 0 saturated carbocycles. The number of amides is 2. The Balaban J connectivity index is 1.88. The lowest BCUT2D eigenvalue weighted by Gasteiger charge is -2.23. The van der Waals surface area contributed by atoms with Crippen LogP contribution >= 0.6 is 0 Å². The Morgan fingerprint density at radius 2 is 1.62 bits per heavy atom. The van der Waals surface area contributed by atoms with Crippen molar-refractivity contribution in [2.24, 2.45) is 5.92 Å². The maximum absolute atomic E-state index is 12.7. The first-order valence-corrected chi connectivity index (χ1v) is 9.05. The molecule has 2 saturated heterocycles. The molecule has 0 bridgehead atoms. The highest BCUT2D eigenvalue weighted by Gasteiger charge is 2.23. The summed E-state index contributed by atoms with van der Waals surface area (Å²) >= 11 is 0. The number of rotatable bonds is 4. The Hall–Kier alpha value is -2.04. The average molecular weight is 329 g/mol. The van der Waals surface area contributed by atoms with Crippen LogP contribution in [0.5, 0.6) is 0 Å². The van der Waals surface area contributed by atoms with Gasteiger partial charge in [-0.05, 0) is 43.9 Å². The smallest absolute Gasteiger partial charge is 0.253 e. The van der Waals surface area contributed by atoms with Gasteiger partial charge in [-0.3, -0.25) is 9.59 Å². The summed E-state index contributed by atoms with van der Waals surface area (Å²) in [6, 6.07) is 5.75. The molecule has 3 rings (SSSR count). The summed E-state index contributed by atoms with van der Waals surface area (Å²) in [5.41, 5.74) is 2.46. The van der Waals surface area contributed by atoms with E-state index >= 15 is 0 Å². The van der Waals surface area contributed by atoms with Crippen molar-refractivity contribution in [3.63, 3.8) is 0 Å². The number of benzene rings is 1. The van der Waals surface area contributed by atoms with Gasteiger partial charge in [0.05, 0.1) is 11.4 Å². The Morgan fingerprint density at radius 1 is 1.00 bits per heavy atom. The molecule has 1 N–H and O–H groups in total. The largest absolute Gasteiger partial charge is 0.370 e. The molecule has 24 heavy (non-hydrogen) atoms. The molecule has 1 aromatic rings. The van der Waals surface area contributed by atoms with Crippen molar-refractivity contribution in [1.82, 2.24) is 4.90 Å². The molecule has 0 radical (unpaired) electrons. The van der Waals surface area contributed by atoms with Gasteiger partial charge in [-0.25, -0.2) is 0 Å². The van der Waals surface area contributed by atoms with Crippen molar-refractivity contribution in [2.45, 2.75) is 39.5 Å². The molecule has 130 valence electrons. The van der Waals surface area contributed by atoms with Gasteiger partial charge < -0.3 is 15.1 Å². The zero-order chi connectivity index (χ0) is 17.1. The number of likely N-dealkylation sites (tertiary alicyclic amines) is 1. The summed E-state index contributed by atoms with van der Waals surface area (Å²) in [7, 11) is 0. The summed E-state index contributed by atoms with van der Waals surface area (Å²) in [6.45, 7) is 7.43.